The van der Waals surface area contributed by atoms with Gasteiger partial charge in [-0.1, -0.05) is 43.0 Å². The molecule has 1 atom stereocenters. The van der Waals surface area contributed by atoms with Crippen molar-refractivity contribution in [1.82, 2.24) is 0 Å². The Morgan fingerprint density at radius 3 is 2.68 bits per heavy atom. The Labute approximate surface area is 190 Å². The number of thioether (sulfide) groups is 1. The van der Waals surface area contributed by atoms with Gasteiger partial charge in [0.15, 0.2) is 15.8 Å². The molecule has 31 heavy (non-hydrogen) atoms. The summed E-state index contributed by atoms with van der Waals surface area (Å²) < 4.78 is 11.9. The van der Waals surface area contributed by atoms with Gasteiger partial charge in [0.25, 0.3) is 11.6 Å². The number of rotatable bonds is 8. The van der Waals surface area contributed by atoms with Gasteiger partial charge in [0.1, 0.15) is 0 Å². The third-order valence-electron chi connectivity index (χ3n) is 4.56. The molecule has 0 aromatic heterocycles. The van der Waals surface area contributed by atoms with Gasteiger partial charge in [-0.25, -0.2) is 0 Å². The Bertz CT molecular complexity index is 1050. The van der Waals surface area contributed by atoms with Crippen LogP contribution in [0.4, 0.5) is 11.4 Å². The smallest absolute Gasteiger partial charge is 0.271 e. The van der Waals surface area contributed by atoms with Gasteiger partial charge < -0.3 is 9.47 Å². The standard InChI is InChI=1S/C22H22N2O5S2/c1-4-14(3)29-18-10-9-15(11-19(18)28-5-2)12-20-21(25)23(22(30)31-20)16-7-6-8-17(13-16)24(26)27/h6-14H,4-5H2,1-3H3/b20-12-/t14-/m0/s1. The van der Waals surface area contributed by atoms with E-state index >= 15 is 0 Å². The minimum Gasteiger partial charge on any atom is -0.490 e. The highest BCUT2D eigenvalue weighted by Gasteiger charge is 2.34. The molecule has 0 spiro atoms. The van der Waals surface area contributed by atoms with Crippen LogP contribution in [0.1, 0.15) is 32.8 Å². The van der Waals surface area contributed by atoms with Crippen LogP contribution in [0.3, 0.4) is 0 Å². The SMILES string of the molecule is CCOc1cc(/C=C2\SC(=S)N(c3cccc([N+](=O)[O-])c3)C2=O)ccc1O[C@@H](C)CC. The third-order valence-corrected chi connectivity index (χ3v) is 5.86. The van der Waals surface area contributed by atoms with E-state index in [4.69, 9.17) is 21.7 Å². The van der Waals surface area contributed by atoms with E-state index in [1.54, 1.807) is 12.1 Å². The molecule has 9 heteroatoms. The second kappa shape index (κ2) is 9.93. The quantitative estimate of drug-likeness (QED) is 0.221. The zero-order chi connectivity index (χ0) is 22.5. The van der Waals surface area contributed by atoms with Crippen LogP contribution in [-0.2, 0) is 4.79 Å². The van der Waals surface area contributed by atoms with Gasteiger partial charge in [0.2, 0.25) is 0 Å². The van der Waals surface area contributed by atoms with Gasteiger partial charge >= 0.3 is 0 Å². The van der Waals surface area contributed by atoms with Crippen LogP contribution in [0.15, 0.2) is 47.4 Å². The lowest BCUT2D eigenvalue weighted by molar-refractivity contribution is -0.384. The number of non-ortho nitro benzene ring substituents is 1. The maximum Gasteiger partial charge on any atom is 0.271 e. The normalized spacial score (nSPS) is 16.0. The zero-order valence-electron chi connectivity index (χ0n) is 17.4. The molecular weight excluding hydrogens is 436 g/mol. The Morgan fingerprint density at radius 1 is 1.23 bits per heavy atom. The fourth-order valence-corrected chi connectivity index (χ4v) is 4.17. The number of nitrogens with zero attached hydrogens (tertiary/aromatic N) is 2. The summed E-state index contributed by atoms with van der Waals surface area (Å²) in [6.07, 6.45) is 2.65. The van der Waals surface area contributed by atoms with E-state index < -0.39 is 4.92 Å². The Balaban J connectivity index is 1.89. The van der Waals surface area contributed by atoms with Crippen LogP contribution in [0.25, 0.3) is 6.08 Å². The molecule has 162 valence electrons. The predicted octanol–water partition coefficient (Wildman–Crippen LogP) is 5.58. The molecule has 3 rings (SSSR count). The summed E-state index contributed by atoms with van der Waals surface area (Å²) in [6.45, 7) is 6.41. The van der Waals surface area contributed by atoms with Crippen molar-refractivity contribution < 1.29 is 19.2 Å². The molecule has 1 aliphatic rings. The highest BCUT2D eigenvalue weighted by Crippen LogP contribution is 2.38. The lowest BCUT2D eigenvalue weighted by Crippen LogP contribution is -2.27. The van der Waals surface area contributed by atoms with Crippen LogP contribution >= 0.6 is 24.0 Å². The number of hydrogen-bond acceptors (Lipinski definition) is 7. The van der Waals surface area contributed by atoms with Crippen molar-refractivity contribution in [3.63, 3.8) is 0 Å². The van der Waals surface area contributed by atoms with E-state index in [0.29, 0.717) is 33.0 Å². The minimum absolute atomic E-state index is 0.0521. The number of nitro groups is 1. The summed E-state index contributed by atoms with van der Waals surface area (Å²) in [5.74, 6) is 0.927. The first-order chi connectivity index (χ1) is 14.8. The molecular formula is C22H22N2O5S2. The third kappa shape index (κ3) is 5.23. The second-order valence-corrected chi connectivity index (χ2v) is 8.45. The summed E-state index contributed by atoms with van der Waals surface area (Å²) >= 11 is 6.51. The first-order valence-electron chi connectivity index (χ1n) is 9.80. The maximum absolute atomic E-state index is 13.0. The van der Waals surface area contributed by atoms with E-state index in [-0.39, 0.29) is 17.7 Å². The number of ether oxygens (including phenoxy) is 2. The fourth-order valence-electron chi connectivity index (χ4n) is 2.87. The highest BCUT2D eigenvalue weighted by molar-refractivity contribution is 8.27. The van der Waals surface area contributed by atoms with Crippen molar-refractivity contribution in [3.05, 3.63) is 63.0 Å². The average Bonchev–Trinajstić information content (AvgIpc) is 3.02. The molecule has 2 aromatic rings. The predicted molar refractivity (Wildman–Crippen MR) is 127 cm³/mol. The Hall–Kier alpha value is -2.91. The molecule has 0 aliphatic carbocycles. The molecule has 0 N–H and O–H groups in total. The van der Waals surface area contributed by atoms with Crippen molar-refractivity contribution in [2.24, 2.45) is 0 Å². The number of benzene rings is 2. The van der Waals surface area contributed by atoms with E-state index in [9.17, 15) is 14.9 Å². The van der Waals surface area contributed by atoms with Crippen LogP contribution in [0, 0.1) is 10.1 Å². The van der Waals surface area contributed by atoms with Gasteiger partial charge in [-0.15, -0.1) is 0 Å². The van der Waals surface area contributed by atoms with Crippen LogP contribution < -0.4 is 14.4 Å². The molecule has 7 nitrogen and oxygen atoms in total. The number of anilines is 1. The Morgan fingerprint density at radius 2 is 2.00 bits per heavy atom. The molecule has 1 aliphatic heterocycles. The van der Waals surface area contributed by atoms with Crippen molar-refractivity contribution >= 4 is 51.7 Å². The minimum atomic E-state index is -0.505. The van der Waals surface area contributed by atoms with Gasteiger partial charge in [-0.2, -0.15) is 0 Å². The average molecular weight is 459 g/mol. The summed E-state index contributed by atoms with van der Waals surface area (Å²) in [5.41, 5.74) is 1.03. The number of hydrogen-bond donors (Lipinski definition) is 0. The summed E-state index contributed by atoms with van der Waals surface area (Å²) in [4.78, 5) is 25.3. The van der Waals surface area contributed by atoms with E-state index in [2.05, 4.69) is 0 Å². The molecule has 1 amide bonds. The monoisotopic (exact) mass is 458 g/mol. The van der Waals surface area contributed by atoms with E-state index in [1.807, 2.05) is 39.0 Å². The highest BCUT2D eigenvalue weighted by atomic mass is 32.2. The van der Waals surface area contributed by atoms with Gasteiger partial charge in [0.05, 0.1) is 28.2 Å². The van der Waals surface area contributed by atoms with Crippen LogP contribution in [0.5, 0.6) is 11.5 Å². The van der Waals surface area contributed by atoms with Crippen LogP contribution in [-0.4, -0.2) is 27.9 Å². The molecule has 1 heterocycles. The molecule has 0 unspecified atom stereocenters. The lowest BCUT2D eigenvalue weighted by atomic mass is 10.1. The fraction of sp³-hybridized carbons (Fsp3) is 0.273. The van der Waals surface area contributed by atoms with Gasteiger partial charge in [-0.3, -0.25) is 19.8 Å². The molecule has 1 fully saturated rings. The van der Waals surface area contributed by atoms with Gasteiger partial charge in [-0.05, 0) is 50.1 Å². The second-order valence-electron chi connectivity index (χ2n) is 6.77. The van der Waals surface area contributed by atoms with E-state index in [0.717, 1.165) is 23.7 Å². The number of carbonyl (C=O) groups excluding carboxylic acids is 1. The first-order valence-corrected chi connectivity index (χ1v) is 11.0. The van der Waals surface area contributed by atoms with E-state index in [1.165, 1.54) is 23.1 Å². The number of carbonyl (C=O) groups is 1. The molecule has 0 saturated carbocycles. The Kier molecular flexibility index (Phi) is 7.29. The van der Waals surface area contributed by atoms with Crippen molar-refractivity contribution in [2.45, 2.75) is 33.3 Å². The van der Waals surface area contributed by atoms with Crippen LogP contribution in [0.2, 0.25) is 0 Å². The summed E-state index contributed by atoms with van der Waals surface area (Å²) in [5, 5.41) is 11.1. The molecule has 0 radical (unpaired) electrons. The zero-order valence-corrected chi connectivity index (χ0v) is 19.0. The lowest BCUT2D eigenvalue weighted by Gasteiger charge is -2.16. The largest absolute Gasteiger partial charge is 0.490 e. The first kappa shape index (κ1) is 22.8. The van der Waals surface area contributed by atoms with Crippen molar-refractivity contribution in [2.75, 3.05) is 11.5 Å². The maximum atomic E-state index is 13.0. The molecule has 2 aromatic carbocycles. The number of thiocarbonyl (C=S) groups is 1. The summed E-state index contributed by atoms with van der Waals surface area (Å²) in [6, 6.07) is 11.3. The summed E-state index contributed by atoms with van der Waals surface area (Å²) in [7, 11) is 0. The molecule has 1 saturated heterocycles. The van der Waals surface area contributed by atoms with Crippen molar-refractivity contribution in [1.29, 1.82) is 0 Å². The van der Waals surface area contributed by atoms with Gasteiger partial charge in [0, 0.05) is 12.1 Å². The number of amides is 1. The molecule has 0 bridgehead atoms. The number of nitro benzene ring substituents is 1. The topological polar surface area (TPSA) is 81.9 Å². The van der Waals surface area contributed by atoms with Crippen molar-refractivity contribution in [3.8, 4) is 11.5 Å².